The van der Waals surface area contributed by atoms with Gasteiger partial charge in [0.2, 0.25) is 0 Å². The molecule has 1 fully saturated rings. The number of nitrogens with one attached hydrogen (secondary N) is 1. The molecule has 0 aromatic rings. The van der Waals surface area contributed by atoms with Crippen LogP contribution in [-0.2, 0) is 0 Å². The fraction of sp³-hybridized carbons (Fsp3) is 1.00. The van der Waals surface area contributed by atoms with E-state index in [1.807, 2.05) is 0 Å². The highest BCUT2D eigenvalue weighted by Crippen LogP contribution is 2.10. The van der Waals surface area contributed by atoms with Gasteiger partial charge in [-0.2, -0.15) is 0 Å². The van der Waals surface area contributed by atoms with Gasteiger partial charge >= 0.3 is 0 Å². The second-order valence-corrected chi connectivity index (χ2v) is 5.13. The Hall–Kier alpha value is -0.0400. The Balaban J connectivity index is 0.000000262. The van der Waals surface area contributed by atoms with E-state index in [0.29, 0.717) is 0 Å². The van der Waals surface area contributed by atoms with Crippen LogP contribution in [0.15, 0.2) is 0 Å². The normalized spacial score (nSPS) is 21.0. The van der Waals surface area contributed by atoms with Crippen molar-refractivity contribution in [2.45, 2.75) is 66.2 Å². The first-order valence-corrected chi connectivity index (χ1v) is 6.91. The standard InChI is InChI=1S/C8H18.C6H13N/c1-4-6-8(3)7-5-2;1-6-3-2-4-7-5-6/h8H,4-7H2,1-3H3;6-7H,2-5H2,1H3. The minimum Gasteiger partial charge on any atom is -0.316 e. The van der Waals surface area contributed by atoms with Crippen molar-refractivity contribution in [1.29, 1.82) is 0 Å². The van der Waals surface area contributed by atoms with Gasteiger partial charge in [0, 0.05) is 0 Å². The first-order valence-electron chi connectivity index (χ1n) is 6.91. The van der Waals surface area contributed by atoms with Crippen LogP contribution in [0.2, 0.25) is 0 Å². The summed E-state index contributed by atoms with van der Waals surface area (Å²) < 4.78 is 0. The van der Waals surface area contributed by atoms with E-state index >= 15 is 0 Å². The molecule has 0 aromatic carbocycles. The van der Waals surface area contributed by atoms with Crippen molar-refractivity contribution in [1.82, 2.24) is 5.32 Å². The van der Waals surface area contributed by atoms with Crippen molar-refractivity contribution in [3.8, 4) is 0 Å². The van der Waals surface area contributed by atoms with E-state index in [4.69, 9.17) is 0 Å². The van der Waals surface area contributed by atoms with Crippen molar-refractivity contribution in [2.24, 2.45) is 11.8 Å². The predicted octanol–water partition coefficient (Wildman–Crippen LogP) is 4.23. The lowest BCUT2D eigenvalue weighted by molar-refractivity contribution is 0.405. The summed E-state index contributed by atoms with van der Waals surface area (Å²) >= 11 is 0. The van der Waals surface area contributed by atoms with E-state index in [9.17, 15) is 0 Å². The molecule has 0 aromatic heterocycles. The second kappa shape index (κ2) is 10.5. The van der Waals surface area contributed by atoms with Gasteiger partial charge in [-0.25, -0.2) is 0 Å². The van der Waals surface area contributed by atoms with E-state index in [0.717, 1.165) is 11.8 Å². The third-order valence-electron chi connectivity index (χ3n) is 3.11. The third-order valence-corrected chi connectivity index (χ3v) is 3.11. The van der Waals surface area contributed by atoms with Crippen LogP contribution in [0.3, 0.4) is 0 Å². The molecule has 1 aliphatic heterocycles. The molecule has 0 saturated carbocycles. The molecule has 1 atom stereocenters. The summed E-state index contributed by atoms with van der Waals surface area (Å²) in [5.41, 5.74) is 0. The lowest BCUT2D eigenvalue weighted by Gasteiger charge is -2.17. The molecule has 0 bridgehead atoms. The predicted molar refractivity (Wildman–Crippen MR) is 70.2 cm³/mol. The van der Waals surface area contributed by atoms with Crippen LogP contribution in [-0.4, -0.2) is 13.1 Å². The molecule has 1 heterocycles. The second-order valence-electron chi connectivity index (χ2n) is 5.13. The number of rotatable bonds is 4. The number of piperidine rings is 1. The summed E-state index contributed by atoms with van der Waals surface area (Å²) in [5, 5.41) is 3.33. The molecule has 1 rings (SSSR count). The van der Waals surface area contributed by atoms with Crippen LogP contribution < -0.4 is 5.32 Å². The van der Waals surface area contributed by atoms with Crippen LogP contribution >= 0.6 is 0 Å². The van der Waals surface area contributed by atoms with Gasteiger partial charge in [0.05, 0.1) is 0 Å². The van der Waals surface area contributed by atoms with Crippen molar-refractivity contribution >= 4 is 0 Å². The molecule has 92 valence electrons. The third kappa shape index (κ3) is 10.2. The molecule has 0 radical (unpaired) electrons. The van der Waals surface area contributed by atoms with Crippen molar-refractivity contribution in [3.05, 3.63) is 0 Å². The zero-order valence-corrected chi connectivity index (χ0v) is 11.3. The maximum atomic E-state index is 3.33. The lowest BCUT2D eigenvalue weighted by atomic mass is 10.0. The highest BCUT2D eigenvalue weighted by atomic mass is 14.9. The zero-order chi connectivity index (χ0) is 11.5. The molecule has 1 aliphatic rings. The minimum atomic E-state index is 0.925. The van der Waals surface area contributed by atoms with E-state index in [1.165, 1.54) is 51.6 Å². The van der Waals surface area contributed by atoms with Gasteiger partial charge in [0.25, 0.3) is 0 Å². The van der Waals surface area contributed by atoms with Gasteiger partial charge in [-0.05, 0) is 37.8 Å². The van der Waals surface area contributed by atoms with Crippen LogP contribution in [0.5, 0.6) is 0 Å². The van der Waals surface area contributed by atoms with Gasteiger partial charge in [-0.15, -0.1) is 0 Å². The first kappa shape index (κ1) is 15.0. The van der Waals surface area contributed by atoms with Crippen LogP contribution in [0, 0.1) is 11.8 Å². The molecule has 1 nitrogen and oxygen atoms in total. The molecule has 1 saturated heterocycles. The Kier molecular flexibility index (Phi) is 10.4. The Bertz CT molecular complexity index is 111. The molecule has 0 aliphatic carbocycles. The molecule has 1 heteroatoms. The summed E-state index contributed by atoms with van der Waals surface area (Å²) in [6, 6.07) is 0. The maximum Gasteiger partial charge on any atom is -0.00231 e. The summed E-state index contributed by atoms with van der Waals surface area (Å²) in [7, 11) is 0. The molecule has 1 N–H and O–H groups in total. The van der Waals surface area contributed by atoms with E-state index in [1.54, 1.807) is 0 Å². The monoisotopic (exact) mass is 213 g/mol. The number of hydrogen-bond acceptors (Lipinski definition) is 1. The van der Waals surface area contributed by atoms with E-state index < -0.39 is 0 Å². The summed E-state index contributed by atoms with van der Waals surface area (Å²) in [6.45, 7) is 11.6. The maximum absolute atomic E-state index is 3.33. The number of hydrogen-bond donors (Lipinski definition) is 1. The molecule has 15 heavy (non-hydrogen) atoms. The van der Waals surface area contributed by atoms with Crippen molar-refractivity contribution < 1.29 is 0 Å². The summed E-state index contributed by atoms with van der Waals surface area (Å²) in [4.78, 5) is 0. The Morgan fingerprint density at radius 3 is 2.07 bits per heavy atom. The van der Waals surface area contributed by atoms with Crippen LogP contribution in [0.1, 0.15) is 66.2 Å². The molecular formula is C14H31N. The van der Waals surface area contributed by atoms with Crippen LogP contribution in [0.25, 0.3) is 0 Å². The largest absolute Gasteiger partial charge is 0.316 e. The van der Waals surface area contributed by atoms with Crippen LogP contribution in [0.4, 0.5) is 0 Å². The fourth-order valence-electron chi connectivity index (χ4n) is 2.16. The van der Waals surface area contributed by atoms with Crippen molar-refractivity contribution in [2.75, 3.05) is 13.1 Å². The summed E-state index contributed by atoms with van der Waals surface area (Å²) in [5.74, 6) is 1.89. The Morgan fingerprint density at radius 2 is 1.80 bits per heavy atom. The Labute approximate surface area is 97.0 Å². The van der Waals surface area contributed by atoms with Gasteiger partial charge in [0.1, 0.15) is 0 Å². The SMILES string of the molecule is CC1CCCNC1.CCCC(C)CCC. The highest BCUT2D eigenvalue weighted by Gasteiger charge is 2.04. The lowest BCUT2D eigenvalue weighted by Crippen LogP contribution is -2.27. The van der Waals surface area contributed by atoms with Gasteiger partial charge < -0.3 is 5.32 Å². The molecule has 1 unspecified atom stereocenters. The van der Waals surface area contributed by atoms with Gasteiger partial charge in [-0.3, -0.25) is 0 Å². The average Bonchev–Trinajstić information content (AvgIpc) is 2.20. The molecule has 0 amide bonds. The topological polar surface area (TPSA) is 12.0 Å². The molecular weight excluding hydrogens is 182 g/mol. The van der Waals surface area contributed by atoms with E-state index in [-0.39, 0.29) is 0 Å². The minimum absolute atomic E-state index is 0.925. The zero-order valence-electron chi connectivity index (χ0n) is 11.3. The summed E-state index contributed by atoms with van der Waals surface area (Å²) in [6.07, 6.45) is 8.32. The van der Waals surface area contributed by atoms with E-state index in [2.05, 4.69) is 33.0 Å². The average molecular weight is 213 g/mol. The Morgan fingerprint density at radius 1 is 1.20 bits per heavy atom. The van der Waals surface area contributed by atoms with Gasteiger partial charge in [0.15, 0.2) is 0 Å². The van der Waals surface area contributed by atoms with Gasteiger partial charge in [-0.1, -0.05) is 53.4 Å². The smallest absolute Gasteiger partial charge is 0.00231 e. The highest BCUT2D eigenvalue weighted by molar-refractivity contribution is 4.63. The van der Waals surface area contributed by atoms with Crippen molar-refractivity contribution in [3.63, 3.8) is 0 Å². The fourth-order valence-corrected chi connectivity index (χ4v) is 2.16. The quantitative estimate of drug-likeness (QED) is 0.737. The molecule has 0 spiro atoms. The first-order chi connectivity index (χ1) is 7.20.